The third kappa shape index (κ3) is 3.88. The largest absolute Gasteiger partial charge is 0.321 e. The number of hydrogen-bond acceptors (Lipinski definition) is 3. The van der Waals surface area contributed by atoms with Gasteiger partial charge in [0.15, 0.2) is 0 Å². The molecule has 0 aliphatic heterocycles. The topological polar surface area (TPSA) is 68.0 Å². The van der Waals surface area contributed by atoms with Crippen LogP contribution in [0.5, 0.6) is 0 Å². The van der Waals surface area contributed by atoms with Crippen molar-refractivity contribution in [1.29, 1.82) is 0 Å². The Morgan fingerprint density at radius 1 is 1.38 bits per heavy atom. The highest BCUT2D eigenvalue weighted by Crippen LogP contribution is 2.17. The molecule has 0 saturated heterocycles. The number of hydrogen-bond donors (Lipinski definition) is 2. The minimum Gasteiger partial charge on any atom is -0.321 e. The second-order valence-electron chi connectivity index (χ2n) is 4.34. The van der Waals surface area contributed by atoms with Gasteiger partial charge >= 0.3 is 0 Å². The number of pyridine rings is 1. The minimum absolute atomic E-state index is 0.159. The molecule has 0 aliphatic rings. The summed E-state index contributed by atoms with van der Waals surface area (Å²) in [5, 5.41) is 2.69. The van der Waals surface area contributed by atoms with Gasteiger partial charge in [-0.1, -0.05) is 11.8 Å². The Morgan fingerprint density at radius 3 is 2.86 bits per heavy atom. The molecule has 106 valence electrons. The molecule has 1 aromatic carbocycles. The number of carbonyl (C=O) groups excluding carboxylic acids is 1. The van der Waals surface area contributed by atoms with Gasteiger partial charge in [0.05, 0.1) is 23.4 Å². The summed E-state index contributed by atoms with van der Waals surface area (Å²) in [5.41, 5.74) is 7.37. The molecule has 2 rings (SSSR count). The molecule has 1 heterocycles. The Hall–Kier alpha value is -2.71. The van der Waals surface area contributed by atoms with Gasteiger partial charge in [0.25, 0.3) is 5.91 Å². The van der Waals surface area contributed by atoms with Gasteiger partial charge in [0, 0.05) is 11.9 Å². The molecule has 0 unspecified atom stereocenters. The first-order valence-electron chi connectivity index (χ1n) is 6.32. The number of aryl methyl sites for hydroxylation is 1. The number of rotatable bonds is 2. The molecule has 1 aromatic heterocycles. The van der Waals surface area contributed by atoms with Crippen molar-refractivity contribution in [2.24, 2.45) is 5.73 Å². The van der Waals surface area contributed by atoms with Gasteiger partial charge in [0.2, 0.25) is 0 Å². The van der Waals surface area contributed by atoms with E-state index in [0.717, 1.165) is 5.69 Å². The predicted molar refractivity (Wildman–Crippen MR) is 79.3 cm³/mol. The molecular formula is C16H14FN3O. The number of nitrogens with zero attached hydrogens (tertiary/aromatic N) is 1. The second-order valence-corrected chi connectivity index (χ2v) is 4.34. The molecule has 5 heteroatoms. The fourth-order valence-electron chi connectivity index (χ4n) is 1.67. The van der Waals surface area contributed by atoms with Crippen LogP contribution in [0.25, 0.3) is 0 Å². The number of carbonyl (C=O) groups is 1. The van der Waals surface area contributed by atoms with Crippen LogP contribution in [0.4, 0.5) is 10.1 Å². The molecule has 0 aliphatic carbocycles. The van der Waals surface area contributed by atoms with E-state index >= 15 is 0 Å². The van der Waals surface area contributed by atoms with E-state index in [0.29, 0.717) is 16.8 Å². The van der Waals surface area contributed by atoms with Crippen molar-refractivity contribution in [3.63, 3.8) is 0 Å². The normalized spacial score (nSPS) is 9.67. The number of nitrogens with two attached hydrogens (primary N) is 1. The summed E-state index contributed by atoms with van der Waals surface area (Å²) in [6.45, 7) is 1.99. The highest BCUT2D eigenvalue weighted by Gasteiger charge is 2.09. The molecule has 1 amide bonds. The summed E-state index contributed by atoms with van der Waals surface area (Å²) in [6.07, 6.45) is 1.49. The molecule has 2 aromatic rings. The molecule has 0 radical (unpaired) electrons. The third-order valence-electron chi connectivity index (χ3n) is 2.73. The van der Waals surface area contributed by atoms with Crippen LogP contribution in [0.2, 0.25) is 0 Å². The second kappa shape index (κ2) is 6.64. The van der Waals surface area contributed by atoms with Gasteiger partial charge in [-0.2, -0.15) is 0 Å². The predicted octanol–water partition coefficient (Wildman–Crippen LogP) is 2.09. The number of aromatic nitrogens is 1. The minimum atomic E-state index is -0.425. The molecule has 0 spiro atoms. The van der Waals surface area contributed by atoms with Crippen LogP contribution in [0.15, 0.2) is 36.5 Å². The first kappa shape index (κ1) is 14.7. The van der Waals surface area contributed by atoms with Crippen molar-refractivity contribution in [3.8, 4) is 11.8 Å². The summed E-state index contributed by atoms with van der Waals surface area (Å²) in [4.78, 5) is 16.2. The van der Waals surface area contributed by atoms with Crippen molar-refractivity contribution < 1.29 is 9.18 Å². The van der Waals surface area contributed by atoms with Crippen LogP contribution in [0.1, 0.15) is 21.6 Å². The van der Waals surface area contributed by atoms with E-state index in [9.17, 15) is 9.18 Å². The van der Waals surface area contributed by atoms with Gasteiger partial charge in [0.1, 0.15) is 5.82 Å². The zero-order valence-electron chi connectivity index (χ0n) is 11.5. The smallest absolute Gasteiger partial charge is 0.257 e. The van der Waals surface area contributed by atoms with Crippen molar-refractivity contribution in [3.05, 3.63) is 59.2 Å². The number of halogens is 1. The van der Waals surface area contributed by atoms with E-state index in [-0.39, 0.29) is 12.5 Å². The zero-order chi connectivity index (χ0) is 15.2. The summed E-state index contributed by atoms with van der Waals surface area (Å²) in [5.74, 6) is 4.62. The van der Waals surface area contributed by atoms with Crippen LogP contribution < -0.4 is 11.1 Å². The Kier molecular flexibility index (Phi) is 4.64. The first-order chi connectivity index (χ1) is 10.1. The molecule has 0 fully saturated rings. The monoisotopic (exact) mass is 283 g/mol. The van der Waals surface area contributed by atoms with Crippen molar-refractivity contribution in [2.45, 2.75) is 6.92 Å². The average Bonchev–Trinajstić information content (AvgIpc) is 2.48. The van der Waals surface area contributed by atoms with Gasteiger partial charge in [-0.25, -0.2) is 4.39 Å². The molecular weight excluding hydrogens is 269 g/mol. The van der Waals surface area contributed by atoms with Crippen LogP contribution in [0.3, 0.4) is 0 Å². The SMILES string of the molecule is Cc1ccc(C(=O)Nc2ccc(F)cc2C#CCN)cn1. The quantitative estimate of drug-likeness (QED) is 0.829. The number of anilines is 1. The molecule has 4 nitrogen and oxygen atoms in total. The highest BCUT2D eigenvalue weighted by molar-refractivity contribution is 6.04. The number of nitrogens with one attached hydrogen (secondary N) is 1. The maximum atomic E-state index is 13.3. The number of benzene rings is 1. The van der Waals surface area contributed by atoms with E-state index in [1.165, 1.54) is 24.4 Å². The van der Waals surface area contributed by atoms with E-state index in [4.69, 9.17) is 5.73 Å². The lowest BCUT2D eigenvalue weighted by Gasteiger charge is -2.08. The molecule has 21 heavy (non-hydrogen) atoms. The van der Waals surface area contributed by atoms with Crippen molar-refractivity contribution in [1.82, 2.24) is 4.98 Å². The van der Waals surface area contributed by atoms with Gasteiger partial charge in [-0.3, -0.25) is 9.78 Å². The molecule has 0 bridgehead atoms. The lowest BCUT2D eigenvalue weighted by molar-refractivity contribution is 0.102. The highest BCUT2D eigenvalue weighted by atomic mass is 19.1. The van der Waals surface area contributed by atoms with Crippen LogP contribution in [-0.2, 0) is 0 Å². The first-order valence-corrected chi connectivity index (χ1v) is 6.32. The molecule has 0 atom stereocenters. The Bertz CT molecular complexity index is 715. The van der Waals surface area contributed by atoms with E-state index in [2.05, 4.69) is 22.1 Å². The van der Waals surface area contributed by atoms with Gasteiger partial charge in [-0.05, 0) is 37.3 Å². The van der Waals surface area contributed by atoms with Crippen molar-refractivity contribution in [2.75, 3.05) is 11.9 Å². The molecule has 3 N–H and O–H groups in total. The van der Waals surface area contributed by atoms with Crippen LogP contribution in [0, 0.1) is 24.6 Å². The Morgan fingerprint density at radius 2 is 2.19 bits per heavy atom. The fourth-order valence-corrected chi connectivity index (χ4v) is 1.67. The summed E-state index contributed by atoms with van der Waals surface area (Å²) < 4.78 is 13.3. The lowest BCUT2D eigenvalue weighted by Crippen LogP contribution is -2.13. The Balaban J connectivity index is 2.26. The van der Waals surface area contributed by atoms with E-state index in [1.54, 1.807) is 12.1 Å². The maximum absolute atomic E-state index is 13.3. The lowest BCUT2D eigenvalue weighted by atomic mass is 10.1. The van der Waals surface area contributed by atoms with Crippen LogP contribution >= 0.6 is 0 Å². The summed E-state index contributed by atoms with van der Waals surface area (Å²) in [7, 11) is 0. The maximum Gasteiger partial charge on any atom is 0.257 e. The van der Waals surface area contributed by atoms with Crippen molar-refractivity contribution >= 4 is 11.6 Å². The zero-order valence-corrected chi connectivity index (χ0v) is 11.5. The van der Waals surface area contributed by atoms with Crippen LogP contribution in [-0.4, -0.2) is 17.4 Å². The summed E-state index contributed by atoms with van der Waals surface area (Å²) >= 11 is 0. The summed E-state index contributed by atoms with van der Waals surface area (Å²) in [6, 6.07) is 7.40. The van der Waals surface area contributed by atoms with E-state index < -0.39 is 5.82 Å². The number of amides is 1. The molecule has 0 saturated carbocycles. The Labute approximate surface area is 122 Å². The van der Waals surface area contributed by atoms with Gasteiger partial charge in [-0.15, -0.1) is 0 Å². The average molecular weight is 283 g/mol. The fraction of sp³-hybridized carbons (Fsp3) is 0.125. The third-order valence-corrected chi connectivity index (χ3v) is 2.73. The standard InChI is InChI=1S/C16H14FN3O/c1-11-4-5-13(10-19-11)16(21)20-15-7-6-14(17)9-12(15)3-2-8-18/h4-7,9-10H,8,18H2,1H3,(H,20,21). The van der Waals surface area contributed by atoms with Gasteiger partial charge < -0.3 is 11.1 Å². The van der Waals surface area contributed by atoms with E-state index in [1.807, 2.05) is 6.92 Å².